The molecule has 0 saturated carbocycles. The molecule has 1 atom stereocenters. The van der Waals surface area contributed by atoms with Crippen LogP contribution in [-0.2, 0) is 23.9 Å². The van der Waals surface area contributed by atoms with Gasteiger partial charge in [0.15, 0.2) is 5.60 Å². The van der Waals surface area contributed by atoms with Gasteiger partial charge in [-0.15, -0.1) is 0 Å². The topological polar surface area (TPSA) is 138 Å². The van der Waals surface area contributed by atoms with Crippen LogP contribution in [0.3, 0.4) is 0 Å². The first-order valence-electron chi connectivity index (χ1n) is 7.62. The Hall–Kier alpha value is -1.96. The monoisotopic (exact) mass is 332 g/mol. The number of rotatable bonds is 12. The van der Waals surface area contributed by atoms with Crippen molar-refractivity contribution in [2.24, 2.45) is 0 Å². The second-order valence-corrected chi connectivity index (χ2v) is 5.45. The summed E-state index contributed by atoms with van der Waals surface area (Å²) >= 11 is 0. The molecule has 0 bridgehead atoms. The van der Waals surface area contributed by atoms with Crippen LogP contribution in [0.4, 0.5) is 0 Å². The predicted octanol–water partition coefficient (Wildman–Crippen LogP) is 1.49. The first kappa shape index (κ1) is 21.0. The summed E-state index contributed by atoms with van der Waals surface area (Å²) in [6.07, 6.45) is 3.41. The van der Waals surface area contributed by atoms with Crippen LogP contribution in [0.5, 0.6) is 0 Å². The number of carbonyl (C=O) groups excluding carboxylic acids is 2. The van der Waals surface area contributed by atoms with Crippen molar-refractivity contribution in [3.8, 4) is 0 Å². The third kappa shape index (κ3) is 9.62. The lowest BCUT2D eigenvalue weighted by Gasteiger charge is -2.19. The number of hydrogen-bond acceptors (Lipinski definition) is 6. The number of unbranched alkanes of at least 4 members (excludes halogenated alkanes) is 5. The summed E-state index contributed by atoms with van der Waals surface area (Å²) in [5.74, 6) is -5.51. The largest absolute Gasteiger partial charge is 0.481 e. The first-order chi connectivity index (χ1) is 10.7. The van der Waals surface area contributed by atoms with Gasteiger partial charge in [0.2, 0.25) is 0 Å². The number of carbonyl (C=O) groups is 4. The molecule has 0 amide bonds. The molecule has 0 aromatic heterocycles. The Morgan fingerprint density at radius 2 is 1.43 bits per heavy atom. The predicted molar refractivity (Wildman–Crippen MR) is 78.5 cm³/mol. The molecule has 0 aliphatic heterocycles. The van der Waals surface area contributed by atoms with Crippen molar-refractivity contribution in [2.75, 3.05) is 0 Å². The van der Waals surface area contributed by atoms with Gasteiger partial charge >= 0.3 is 23.9 Å². The summed E-state index contributed by atoms with van der Waals surface area (Å²) < 4.78 is 4.41. The highest BCUT2D eigenvalue weighted by Gasteiger charge is 2.41. The van der Waals surface area contributed by atoms with Crippen LogP contribution in [0.25, 0.3) is 0 Å². The van der Waals surface area contributed by atoms with Crippen LogP contribution < -0.4 is 0 Å². The van der Waals surface area contributed by atoms with Crippen molar-refractivity contribution in [1.29, 1.82) is 0 Å². The minimum atomic E-state index is -2.79. The molecule has 0 aromatic rings. The van der Waals surface area contributed by atoms with Gasteiger partial charge in [0.05, 0.1) is 12.8 Å². The molecule has 8 heteroatoms. The summed E-state index contributed by atoms with van der Waals surface area (Å²) in [6.45, 7) is 2.09. The maximum absolute atomic E-state index is 11.5. The number of carboxylic acid groups (broad SMARTS) is 2. The second kappa shape index (κ2) is 10.7. The van der Waals surface area contributed by atoms with E-state index in [1.165, 1.54) is 0 Å². The minimum absolute atomic E-state index is 0.0162. The average molecular weight is 332 g/mol. The van der Waals surface area contributed by atoms with E-state index >= 15 is 0 Å². The van der Waals surface area contributed by atoms with E-state index in [1.54, 1.807) is 0 Å². The van der Waals surface area contributed by atoms with Crippen molar-refractivity contribution < 1.29 is 39.2 Å². The Morgan fingerprint density at radius 3 is 1.96 bits per heavy atom. The van der Waals surface area contributed by atoms with Crippen molar-refractivity contribution in [3.63, 3.8) is 0 Å². The van der Waals surface area contributed by atoms with E-state index in [4.69, 9.17) is 10.2 Å². The molecule has 0 heterocycles. The summed E-state index contributed by atoms with van der Waals surface area (Å²) in [6, 6.07) is 0. The first-order valence-corrected chi connectivity index (χ1v) is 7.62. The third-order valence-electron chi connectivity index (χ3n) is 3.24. The van der Waals surface area contributed by atoms with E-state index in [0.717, 1.165) is 32.1 Å². The molecule has 0 saturated heterocycles. The van der Waals surface area contributed by atoms with Crippen LogP contribution >= 0.6 is 0 Å². The quantitative estimate of drug-likeness (QED) is 0.277. The van der Waals surface area contributed by atoms with E-state index in [9.17, 15) is 24.3 Å². The van der Waals surface area contributed by atoms with Crippen LogP contribution in [0.1, 0.15) is 64.7 Å². The number of ether oxygens (including phenoxy) is 1. The molecule has 0 radical (unpaired) electrons. The van der Waals surface area contributed by atoms with Gasteiger partial charge in [-0.05, 0) is 6.42 Å². The number of aliphatic hydroxyl groups is 1. The SMILES string of the molecule is CCCCCCCCC(=O)OC(=O)CC(O)(CC(=O)O)C(=O)O. The van der Waals surface area contributed by atoms with Crippen molar-refractivity contribution >= 4 is 23.9 Å². The fourth-order valence-electron chi connectivity index (χ4n) is 1.97. The molecular weight excluding hydrogens is 308 g/mol. The Balaban J connectivity index is 4.18. The average Bonchev–Trinajstić information content (AvgIpc) is 2.41. The van der Waals surface area contributed by atoms with Crippen molar-refractivity contribution in [1.82, 2.24) is 0 Å². The zero-order valence-electron chi connectivity index (χ0n) is 13.2. The highest BCUT2D eigenvalue weighted by Crippen LogP contribution is 2.17. The van der Waals surface area contributed by atoms with E-state index in [2.05, 4.69) is 11.7 Å². The van der Waals surface area contributed by atoms with Gasteiger partial charge in [-0.25, -0.2) is 4.79 Å². The van der Waals surface area contributed by atoms with E-state index in [1.807, 2.05) is 0 Å². The van der Waals surface area contributed by atoms with E-state index in [0.29, 0.717) is 6.42 Å². The lowest BCUT2D eigenvalue weighted by atomic mass is 9.96. The molecule has 8 nitrogen and oxygen atoms in total. The standard InChI is InChI=1S/C15H24O8/c1-2-3-4-5-6-7-8-12(18)23-13(19)10-15(22,14(20)21)9-11(16)17/h22H,2-10H2,1H3,(H,16,17)(H,20,21). The smallest absolute Gasteiger partial charge is 0.336 e. The maximum Gasteiger partial charge on any atom is 0.336 e. The molecule has 0 aliphatic rings. The Morgan fingerprint density at radius 1 is 0.870 bits per heavy atom. The highest BCUT2D eigenvalue weighted by atomic mass is 16.6. The molecule has 0 aromatic carbocycles. The molecule has 132 valence electrons. The summed E-state index contributed by atoms with van der Waals surface area (Å²) in [7, 11) is 0. The highest BCUT2D eigenvalue weighted by molar-refractivity contribution is 5.92. The van der Waals surface area contributed by atoms with Crippen LogP contribution in [-0.4, -0.2) is 44.8 Å². The lowest BCUT2D eigenvalue weighted by molar-refractivity contribution is -0.174. The molecule has 3 N–H and O–H groups in total. The fourth-order valence-corrected chi connectivity index (χ4v) is 1.97. The molecule has 0 spiro atoms. The normalized spacial score (nSPS) is 13.1. The Bertz CT molecular complexity index is 431. The van der Waals surface area contributed by atoms with Gasteiger partial charge in [-0.2, -0.15) is 0 Å². The van der Waals surface area contributed by atoms with Crippen molar-refractivity contribution in [2.45, 2.75) is 70.3 Å². The molecule has 1 unspecified atom stereocenters. The molecule has 0 aliphatic carbocycles. The molecule has 0 fully saturated rings. The summed E-state index contributed by atoms with van der Waals surface area (Å²) in [5, 5.41) is 27.0. The third-order valence-corrected chi connectivity index (χ3v) is 3.24. The van der Waals surface area contributed by atoms with Crippen LogP contribution in [0.2, 0.25) is 0 Å². The molecule has 23 heavy (non-hydrogen) atoms. The molecule has 0 rings (SSSR count). The van der Waals surface area contributed by atoms with Gasteiger partial charge in [-0.1, -0.05) is 39.0 Å². The van der Waals surface area contributed by atoms with E-state index < -0.39 is 42.3 Å². The van der Waals surface area contributed by atoms with Gasteiger partial charge < -0.3 is 20.1 Å². The van der Waals surface area contributed by atoms with Crippen molar-refractivity contribution in [3.05, 3.63) is 0 Å². The maximum atomic E-state index is 11.5. The van der Waals surface area contributed by atoms with Gasteiger partial charge in [0.1, 0.15) is 0 Å². The number of esters is 2. The van der Waals surface area contributed by atoms with Gasteiger partial charge in [-0.3, -0.25) is 14.4 Å². The minimum Gasteiger partial charge on any atom is -0.481 e. The van der Waals surface area contributed by atoms with Gasteiger partial charge in [0.25, 0.3) is 0 Å². The van der Waals surface area contributed by atoms with Crippen LogP contribution in [0, 0.1) is 0 Å². The zero-order valence-corrected chi connectivity index (χ0v) is 13.2. The van der Waals surface area contributed by atoms with Gasteiger partial charge in [0, 0.05) is 6.42 Å². The Kier molecular flexibility index (Phi) is 9.80. The Labute approximate surface area is 134 Å². The lowest BCUT2D eigenvalue weighted by Crippen LogP contribution is -2.43. The number of aliphatic carboxylic acids is 2. The molecular formula is C15H24O8. The zero-order chi connectivity index (χ0) is 17.9. The van der Waals surface area contributed by atoms with Crippen LogP contribution in [0.15, 0.2) is 0 Å². The summed E-state index contributed by atoms with van der Waals surface area (Å²) in [4.78, 5) is 44.3. The number of carboxylic acids is 2. The number of hydrogen-bond donors (Lipinski definition) is 3. The summed E-state index contributed by atoms with van der Waals surface area (Å²) in [5.41, 5.74) is -2.79. The second-order valence-electron chi connectivity index (χ2n) is 5.45. The fraction of sp³-hybridized carbons (Fsp3) is 0.733. The van der Waals surface area contributed by atoms with E-state index in [-0.39, 0.29) is 6.42 Å².